The van der Waals surface area contributed by atoms with Crippen LogP contribution in [0, 0.1) is 6.92 Å². The Morgan fingerprint density at radius 3 is 1.94 bits per heavy atom. The zero-order chi connectivity index (χ0) is 12.8. The van der Waals surface area contributed by atoms with Crippen molar-refractivity contribution < 1.29 is 19.0 Å². The van der Waals surface area contributed by atoms with Crippen molar-refractivity contribution in [2.24, 2.45) is 0 Å². The molecular formula is C13H18O4. The number of benzene rings is 1. The summed E-state index contributed by atoms with van der Waals surface area (Å²) in [4.78, 5) is 11.5. The number of carbonyl (C=O) groups is 1. The molecule has 0 N–H and O–H groups in total. The van der Waals surface area contributed by atoms with Gasteiger partial charge in [0.15, 0.2) is 0 Å². The summed E-state index contributed by atoms with van der Waals surface area (Å²) in [7, 11) is 1.35. The molecule has 4 heteroatoms. The van der Waals surface area contributed by atoms with Crippen LogP contribution in [-0.2, 0) is 4.74 Å². The highest BCUT2D eigenvalue weighted by molar-refractivity contribution is 5.90. The second kappa shape index (κ2) is 6.13. The van der Waals surface area contributed by atoms with Gasteiger partial charge in [0.05, 0.1) is 25.9 Å². The Balaban J connectivity index is 3.20. The van der Waals surface area contributed by atoms with Gasteiger partial charge in [-0.2, -0.15) is 0 Å². The first kappa shape index (κ1) is 13.4. The van der Waals surface area contributed by atoms with Crippen molar-refractivity contribution in [1.29, 1.82) is 0 Å². The summed E-state index contributed by atoms with van der Waals surface area (Å²) in [6.45, 7) is 6.76. The lowest BCUT2D eigenvalue weighted by molar-refractivity contribution is 0.0599. The van der Waals surface area contributed by atoms with Crippen molar-refractivity contribution in [3.05, 3.63) is 23.3 Å². The van der Waals surface area contributed by atoms with Crippen LogP contribution in [-0.4, -0.2) is 26.3 Å². The van der Waals surface area contributed by atoms with Crippen LogP contribution in [0.3, 0.4) is 0 Å². The van der Waals surface area contributed by atoms with E-state index in [0.29, 0.717) is 30.3 Å². The predicted molar refractivity (Wildman–Crippen MR) is 64.9 cm³/mol. The molecule has 0 saturated carbocycles. The molecule has 94 valence electrons. The van der Waals surface area contributed by atoms with E-state index in [0.717, 1.165) is 5.56 Å². The topological polar surface area (TPSA) is 44.8 Å². The molecule has 17 heavy (non-hydrogen) atoms. The third-order valence-electron chi connectivity index (χ3n) is 2.33. The molecular weight excluding hydrogens is 220 g/mol. The van der Waals surface area contributed by atoms with Crippen LogP contribution in [0.25, 0.3) is 0 Å². The molecule has 0 bridgehead atoms. The smallest absolute Gasteiger partial charge is 0.338 e. The van der Waals surface area contributed by atoms with Crippen molar-refractivity contribution in [3.63, 3.8) is 0 Å². The van der Waals surface area contributed by atoms with Crippen LogP contribution >= 0.6 is 0 Å². The van der Waals surface area contributed by atoms with Crippen molar-refractivity contribution in [2.75, 3.05) is 20.3 Å². The number of hydrogen-bond acceptors (Lipinski definition) is 4. The first-order valence-electron chi connectivity index (χ1n) is 5.62. The maximum Gasteiger partial charge on any atom is 0.338 e. The number of ether oxygens (including phenoxy) is 3. The summed E-state index contributed by atoms with van der Waals surface area (Å²) in [5.74, 6) is 0.907. The van der Waals surface area contributed by atoms with Gasteiger partial charge < -0.3 is 14.2 Å². The highest BCUT2D eigenvalue weighted by Gasteiger charge is 2.14. The van der Waals surface area contributed by atoms with E-state index < -0.39 is 5.97 Å². The lowest BCUT2D eigenvalue weighted by Gasteiger charge is -2.13. The molecule has 0 heterocycles. The van der Waals surface area contributed by atoms with Gasteiger partial charge in [-0.05, 0) is 32.9 Å². The highest BCUT2D eigenvalue weighted by Crippen LogP contribution is 2.30. The molecule has 0 amide bonds. The highest BCUT2D eigenvalue weighted by atomic mass is 16.5. The maximum absolute atomic E-state index is 11.5. The molecule has 1 aromatic rings. The lowest BCUT2D eigenvalue weighted by Crippen LogP contribution is -2.05. The fraction of sp³-hybridized carbons (Fsp3) is 0.462. The van der Waals surface area contributed by atoms with Crippen molar-refractivity contribution in [1.82, 2.24) is 0 Å². The van der Waals surface area contributed by atoms with Gasteiger partial charge in [-0.3, -0.25) is 0 Å². The molecule has 0 atom stereocenters. The first-order chi connectivity index (χ1) is 8.13. The van der Waals surface area contributed by atoms with Crippen LogP contribution in [0.5, 0.6) is 11.5 Å². The largest absolute Gasteiger partial charge is 0.493 e. The Labute approximate surface area is 101 Å². The summed E-state index contributed by atoms with van der Waals surface area (Å²) >= 11 is 0. The van der Waals surface area contributed by atoms with Gasteiger partial charge in [0.1, 0.15) is 11.5 Å². The summed E-state index contributed by atoms with van der Waals surface area (Å²) < 4.78 is 15.6. The zero-order valence-corrected chi connectivity index (χ0v) is 10.7. The SMILES string of the molecule is CCOc1cc(C(=O)OC)cc(OCC)c1C. The Bertz CT molecular complexity index is 371. The molecule has 0 saturated heterocycles. The molecule has 1 aromatic carbocycles. The average Bonchev–Trinajstić information content (AvgIpc) is 2.33. The normalized spacial score (nSPS) is 9.88. The van der Waals surface area contributed by atoms with E-state index in [-0.39, 0.29) is 0 Å². The number of carbonyl (C=O) groups excluding carboxylic acids is 1. The average molecular weight is 238 g/mol. The van der Waals surface area contributed by atoms with E-state index in [1.54, 1.807) is 12.1 Å². The van der Waals surface area contributed by atoms with Crippen LogP contribution < -0.4 is 9.47 Å². The Kier molecular flexibility index (Phi) is 4.82. The van der Waals surface area contributed by atoms with Crippen LogP contribution in [0.4, 0.5) is 0 Å². The molecule has 1 rings (SSSR count). The second-order valence-corrected chi connectivity index (χ2v) is 3.46. The van der Waals surface area contributed by atoms with E-state index in [9.17, 15) is 4.79 Å². The minimum atomic E-state index is -0.396. The van der Waals surface area contributed by atoms with Crippen molar-refractivity contribution in [2.45, 2.75) is 20.8 Å². The number of rotatable bonds is 5. The number of methoxy groups -OCH3 is 1. The summed E-state index contributed by atoms with van der Waals surface area (Å²) in [5.41, 5.74) is 1.33. The van der Waals surface area contributed by atoms with Crippen LogP contribution in [0.2, 0.25) is 0 Å². The van der Waals surface area contributed by atoms with Crippen LogP contribution in [0.15, 0.2) is 12.1 Å². The number of esters is 1. The maximum atomic E-state index is 11.5. The summed E-state index contributed by atoms with van der Waals surface area (Å²) in [6.07, 6.45) is 0. The third kappa shape index (κ3) is 3.12. The van der Waals surface area contributed by atoms with Crippen molar-refractivity contribution >= 4 is 5.97 Å². The van der Waals surface area contributed by atoms with E-state index >= 15 is 0 Å². The number of hydrogen-bond donors (Lipinski definition) is 0. The predicted octanol–water partition coefficient (Wildman–Crippen LogP) is 2.58. The minimum absolute atomic E-state index is 0.396. The molecule has 0 aliphatic heterocycles. The van der Waals surface area contributed by atoms with E-state index in [1.165, 1.54) is 7.11 Å². The Hall–Kier alpha value is -1.71. The van der Waals surface area contributed by atoms with E-state index in [1.807, 2.05) is 20.8 Å². The van der Waals surface area contributed by atoms with Gasteiger partial charge in [0.2, 0.25) is 0 Å². The lowest BCUT2D eigenvalue weighted by atomic mass is 10.1. The van der Waals surface area contributed by atoms with Gasteiger partial charge in [-0.25, -0.2) is 4.79 Å². The van der Waals surface area contributed by atoms with Gasteiger partial charge in [-0.1, -0.05) is 0 Å². The summed E-state index contributed by atoms with van der Waals surface area (Å²) in [6, 6.07) is 3.35. The van der Waals surface area contributed by atoms with Gasteiger partial charge >= 0.3 is 5.97 Å². The second-order valence-electron chi connectivity index (χ2n) is 3.46. The molecule has 0 aromatic heterocycles. The molecule has 0 radical (unpaired) electrons. The van der Waals surface area contributed by atoms with Crippen molar-refractivity contribution in [3.8, 4) is 11.5 Å². The molecule has 0 spiro atoms. The Morgan fingerprint density at radius 2 is 1.59 bits per heavy atom. The standard InChI is InChI=1S/C13H18O4/c1-5-16-11-7-10(13(14)15-4)8-12(9(11)3)17-6-2/h7-8H,5-6H2,1-4H3. The molecule has 0 aliphatic rings. The van der Waals surface area contributed by atoms with Crippen LogP contribution in [0.1, 0.15) is 29.8 Å². The van der Waals surface area contributed by atoms with Gasteiger partial charge in [0, 0.05) is 5.56 Å². The molecule has 0 unspecified atom stereocenters. The van der Waals surface area contributed by atoms with E-state index in [4.69, 9.17) is 14.2 Å². The first-order valence-corrected chi connectivity index (χ1v) is 5.62. The zero-order valence-electron chi connectivity index (χ0n) is 10.7. The third-order valence-corrected chi connectivity index (χ3v) is 2.33. The fourth-order valence-corrected chi connectivity index (χ4v) is 1.51. The van der Waals surface area contributed by atoms with Gasteiger partial charge in [0.25, 0.3) is 0 Å². The molecule has 0 aliphatic carbocycles. The monoisotopic (exact) mass is 238 g/mol. The minimum Gasteiger partial charge on any atom is -0.493 e. The molecule has 4 nitrogen and oxygen atoms in total. The fourth-order valence-electron chi connectivity index (χ4n) is 1.51. The van der Waals surface area contributed by atoms with Gasteiger partial charge in [-0.15, -0.1) is 0 Å². The Morgan fingerprint density at radius 1 is 1.12 bits per heavy atom. The molecule has 0 fully saturated rings. The summed E-state index contributed by atoms with van der Waals surface area (Å²) in [5, 5.41) is 0. The quantitative estimate of drug-likeness (QED) is 0.739. The van der Waals surface area contributed by atoms with E-state index in [2.05, 4.69) is 0 Å².